The van der Waals surface area contributed by atoms with Crippen molar-refractivity contribution in [3.8, 4) is 0 Å². The summed E-state index contributed by atoms with van der Waals surface area (Å²) < 4.78 is 48.2. The van der Waals surface area contributed by atoms with Crippen molar-refractivity contribution in [3.05, 3.63) is 59.7 Å². The SMILES string of the molecule is O=C(CN1C(=O)NC2(CCc3ccccc3C2)C1=O)Nc1ccc(S(=O)(=O)C(F)F)cc1. The van der Waals surface area contributed by atoms with E-state index in [4.69, 9.17) is 0 Å². The third-order valence-corrected chi connectivity index (χ3v) is 7.08. The number of amides is 4. The molecule has 11 heteroatoms. The number of halogens is 2. The highest BCUT2D eigenvalue weighted by atomic mass is 32.2. The topological polar surface area (TPSA) is 113 Å². The van der Waals surface area contributed by atoms with Gasteiger partial charge >= 0.3 is 11.8 Å². The van der Waals surface area contributed by atoms with Crippen molar-refractivity contribution in [2.75, 3.05) is 11.9 Å². The summed E-state index contributed by atoms with van der Waals surface area (Å²) in [4.78, 5) is 38.1. The number of anilines is 1. The Bertz CT molecular complexity index is 1200. The standard InChI is InChI=1S/C21H19F2N3O5S/c22-19(23)32(30,31)16-7-5-15(6-8-16)24-17(27)12-26-18(28)21(25-20(26)29)10-9-13-3-1-2-4-14(13)11-21/h1-8,19H,9-12H2,(H,24,27)(H,25,29). The van der Waals surface area contributed by atoms with Gasteiger partial charge in [0, 0.05) is 12.1 Å². The maximum atomic E-state index is 13.0. The number of alkyl halides is 2. The minimum Gasteiger partial charge on any atom is -0.325 e. The third-order valence-electron chi connectivity index (χ3n) is 5.68. The van der Waals surface area contributed by atoms with Crippen LogP contribution in [0.2, 0.25) is 0 Å². The lowest BCUT2D eigenvalue weighted by Crippen LogP contribution is -2.51. The zero-order chi connectivity index (χ0) is 23.1. The van der Waals surface area contributed by atoms with Gasteiger partial charge in [-0.25, -0.2) is 13.2 Å². The van der Waals surface area contributed by atoms with Crippen LogP contribution in [0.5, 0.6) is 0 Å². The zero-order valence-corrected chi connectivity index (χ0v) is 17.5. The number of aryl methyl sites for hydroxylation is 1. The number of carbonyl (C=O) groups is 3. The predicted molar refractivity (Wildman–Crippen MR) is 110 cm³/mol. The van der Waals surface area contributed by atoms with Crippen LogP contribution >= 0.6 is 0 Å². The Morgan fingerprint density at radius 1 is 1.09 bits per heavy atom. The number of fused-ring (bicyclic) bond motifs is 1. The molecule has 0 aromatic heterocycles. The first-order valence-electron chi connectivity index (χ1n) is 9.75. The molecule has 0 radical (unpaired) electrons. The maximum Gasteiger partial charge on any atom is 0.341 e. The number of carbonyl (C=O) groups excluding carboxylic acids is 3. The Labute approximate surface area is 182 Å². The molecular weight excluding hydrogens is 444 g/mol. The second kappa shape index (κ2) is 7.97. The Hall–Kier alpha value is -3.34. The van der Waals surface area contributed by atoms with Crippen molar-refractivity contribution in [2.45, 2.75) is 35.5 Å². The van der Waals surface area contributed by atoms with E-state index in [1.165, 1.54) is 0 Å². The van der Waals surface area contributed by atoms with Crippen molar-refractivity contribution in [2.24, 2.45) is 0 Å². The molecule has 1 atom stereocenters. The maximum absolute atomic E-state index is 13.0. The van der Waals surface area contributed by atoms with E-state index in [0.29, 0.717) is 19.3 Å². The van der Waals surface area contributed by atoms with E-state index in [9.17, 15) is 31.6 Å². The predicted octanol–water partition coefficient (Wildman–Crippen LogP) is 2.10. The molecular formula is C21H19F2N3O5S. The first-order valence-corrected chi connectivity index (χ1v) is 11.3. The molecule has 8 nitrogen and oxygen atoms in total. The molecule has 1 unspecified atom stereocenters. The van der Waals surface area contributed by atoms with Crippen LogP contribution in [-0.4, -0.2) is 49.0 Å². The highest BCUT2D eigenvalue weighted by Crippen LogP contribution is 2.33. The van der Waals surface area contributed by atoms with Crippen molar-refractivity contribution in [3.63, 3.8) is 0 Å². The highest BCUT2D eigenvalue weighted by molar-refractivity contribution is 7.91. The summed E-state index contributed by atoms with van der Waals surface area (Å²) in [5.41, 5.74) is 1.14. The van der Waals surface area contributed by atoms with E-state index in [1.54, 1.807) is 0 Å². The third kappa shape index (κ3) is 3.83. The summed E-state index contributed by atoms with van der Waals surface area (Å²) in [7, 11) is -4.74. The zero-order valence-electron chi connectivity index (χ0n) is 16.7. The number of hydrogen-bond acceptors (Lipinski definition) is 5. The number of nitrogens with one attached hydrogen (secondary N) is 2. The van der Waals surface area contributed by atoms with E-state index in [0.717, 1.165) is 40.3 Å². The second-order valence-electron chi connectivity index (χ2n) is 7.73. The van der Waals surface area contributed by atoms with Crippen molar-refractivity contribution in [1.29, 1.82) is 0 Å². The minimum absolute atomic E-state index is 0.136. The average molecular weight is 463 g/mol. The Morgan fingerprint density at radius 2 is 1.75 bits per heavy atom. The Balaban J connectivity index is 1.43. The van der Waals surface area contributed by atoms with Crippen LogP contribution in [0.4, 0.5) is 19.3 Å². The number of sulfone groups is 1. The number of nitrogens with zero attached hydrogens (tertiary/aromatic N) is 1. The molecule has 32 heavy (non-hydrogen) atoms. The number of urea groups is 1. The molecule has 1 aliphatic heterocycles. The smallest absolute Gasteiger partial charge is 0.325 e. The number of benzene rings is 2. The molecule has 1 aliphatic carbocycles. The van der Waals surface area contributed by atoms with Gasteiger partial charge in [0.05, 0.1) is 4.90 Å². The molecule has 168 valence electrons. The number of rotatable bonds is 5. The van der Waals surface area contributed by atoms with E-state index in [1.807, 2.05) is 24.3 Å². The Morgan fingerprint density at radius 3 is 2.41 bits per heavy atom. The fourth-order valence-electron chi connectivity index (χ4n) is 4.02. The molecule has 2 aromatic rings. The summed E-state index contributed by atoms with van der Waals surface area (Å²) in [6.45, 7) is -0.537. The van der Waals surface area contributed by atoms with Crippen LogP contribution in [0.3, 0.4) is 0 Å². The first kappa shape index (κ1) is 21.9. The molecule has 1 spiro atoms. The molecule has 2 N–H and O–H groups in total. The second-order valence-corrected chi connectivity index (χ2v) is 9.65. The van der Waals surface area contributed by atoms with E-state index >= 15 is 0 Å². The Kier molecular flexibility index (Phi) is 5.45. The minimum atomic E-state index is -4.74. The van der Waals surface area contributed by atoms with Gasteiger partial charge in [-0.3, -0.25) is 14.5 Å². The lowest BCUT2D eigenvalue weighted by atomic mass is 9.78. The van der Waals surface area contributed by atoms with Gasteiger partial charge < -0.3 is 10.6 Å². The van der Waals surface area contributed by atoms with Gasteiger partial charge in [-0.15, -0.1) is 0 Å². The van der Waals surface area contributed by atoms with Gasteiger partial charge in [-0.05, 0) is 48.2 Å². The largest absolute Gasteiger partial charge is 0.341 e. The van der Waals surface area contributed by atoms with Crippen LogP contribution in [0.15, 0.2) is 53.4 Å². The summed E-state index contributed by atoms with van der Waals surface area (Å²) in [6.07, 6.45) is 1.38. The summed E-state index contributed by atoms with van der Waals surface area (Å²) in [5, 5.41) is 5.16. The monoisotopic (exact) mass is 463 g/mol. The van der Waals surface area contributed by atoms with Gasteiger partial charge in [0.2, 0.25) is 15.7 Å². The average Bonchev–Trinajstić information content (AvgIpc) is 2.97. The van der Waals surface area contributed by atoms with Gasteiger partial charge in [0.15, 0.2) is 0 Å². The molecule has 1 heterocycles. The van der Waals surface area contributed by atoms with Crippen LogP contribution in [0.1, 0.15) is 17.5 Å². The summed E-state index contributed by atoms with van der Waals surface area (Å²) in [6, 6.07) is 11.2. The molecule has 1 saturated heterocycles. The lowest BCUT2D eigenvalue weighted by Gasteiger charge is -2.32. The molecule has 4 rings (SSSR count). The number of imide groups is 1. The van der Waals surface area contributed by atoms with E-state index in [2.05, 4.69) is 10.6 Å². The van der Waals surface area contributed by atoms with Gasteiger partial charge in [0.1, 0.15) is 12.1 Å². The number of hydrogen-bond donors (Lipinski definition) is 2. The van der Waals surface area contributed by atoms with Crippen molar-refractivity contribution < 1.29 is 31.6 Å². The summed E-state index contributed by atoms with van der Waals surface area (Å²) in [5.74, 6) is -4.72. The lowest BCUT2D eigenvalue weighted by molar-refractivity contribution is -0.134. The summed E-state index contributed by atoms with van der Waals surface area (Å²) >= 11 is 0. The molecule has 0 bridgehead atoms. The van der Waals surface area contributed by atoms with Crippen molar-refractivity contribution in [1.82, 2.24) is 10.2 Å². The fraction of sp³-hybridized carbons (Fsp3) is 0.286. The molecule has 2 aromatic carbocycles. The van der Waals surface area contributed by atoms with Gasteiger partial charge in [-0.2, -0.15) is 8.78 Å². The van der Waals surface area contributed by atoms with Crippen molar-refractivity contribution >= 4 is 33.4 Å². The molecule has 4 amide bonds. The first-order chi connectivity index (χ1) is 15.1. The fourth-order valence-corrected chi connectivity index (χ4v) is 4.74. The van der Waals surface area contributed by atoms with Crippen LogP contribution in [-0.2, 0) is 32.3 Å². The van der Waals surface area contributed by atoms with Gasteiger partial charge in [-0.1, -0.05) is 24.3 Å². The van der Waals surface area contributed by atoms with Crippen LogP contribution < -0.4 is 10.6 Å². The quantitative estimate of drug-likeness (QED) is 0.660. The molecule has 0 saturated carbocycles. The van der Waals surface area contributed by atoms with Crippen LogP contribution in [0.25, 0.3) is 0 Å². The normalized spacial score (nSPS) is 20.4. The highest BCUT2D eigenvalue weighted by Gasteiger charge is 2.52. The van der Waals surface area contributed by atoms with Crippen LogP contribution in [0, 0.1) is 0 Å². The van der Waals surface area contributed by atoms with Gasteiger partial charge in [0.25, 0.3) is 5.91 Å². The van der Waals surface area contributed by atoms with E-state index < -0.39 is 50.4 Å². The molecule has 1 fully saturated rings. The van der Waals surface area contributed by atoms with E-state index in [-0.39, 0.29) is 5.69 Å². The molecule has 2 aliphatic rings.